The molecule has 7 heteroatoms. The van der Waals surface area contributed by atoms with Gasteiger partial charge in [-0.25, -0.2) is 0 Å². The number of para-hydroxylation sites is 1. The Morgan fingerprint density at radius 3 is 2.33 bits per heavy atom. The molecule has 0 aromatic heterocycles. The van der Waals surface area contributed by atoms with Crippen LogP contribution >= 0.6 is 23.2 Å². The van der Waals surface area contributed by atoms with E-state index in [1.807, 2.05) is 0 Å². The number of carbonyl (C=O) groups is 2. The Hall–Kier alpha value is -2.24. The van der Waals surface area contributed by atoms with E-state index < -0.39 is 5.91 Å². The lowest BCUT2D eigenvalue weighted by atomic mass is 10.2. The van der Waals surface area contributed by atoms with Crippen LogP contribution in [0.5, 0.6) is 5.75 Å². The van der Waals surface area contributed by atoms with E-state index in [4.69, 9.17) is 27.9 Å². The molecule has 0 radical (unpaired) electrons. The van der Waals surface area contributed by atoms with Crippen LogP contribution in [-0.2, 0) is 9.59 Å². The second-order valence-corrected chi connectivity index (χ2v) is 5.77. The van der Waals surface area contributed by atoms with Crippen LogP contribution in [-0.4, -0.2) is 25.5 Å². The Bertz CT molecular complexity index is 745. The SMILES string of the molecule is COc1cccc(N(CC(=O)Nc2c(Cl)cccc2Cl)C(C)=O)c1. The van der Waals surface area contributed by atoms with E-state index in [0.717, 1.165) is 0 Å². The maximum absolute atomic E-state index is 12.3. The summed E-state index contributed by atoms with van der Waals surface area (Å²) in [4.78, 5) is 25.6. The number of nitrogens with zero attached hydrogens (tertiary/aromatic N) is 1. The highest BCUT2D eigenvalue weighted by Crippen LogP contribution is 2.30. The fourth-order valence-electron chi connectivity index (χ4n) is 2.10. The molecule has 24 heavy (non-hydrogen) atoms. The third-order valence-electron chi connectivity index (χ3n) is 3.27. The van der Waals surface area contributed by atoms with E-state index in [0.29, 0.717) is 27.2 Å². The molecular weight excluding hydrogens is 351 g/mol. The van der Waals surface area contributed by atoms with Gasteiger partial charge in [0.2, 0.25) is 11.8 Å². The van der Waals surface area contributed by atoms with Crippen LogP contribution in [0.25, 0.3) is 0 Å². The maximum atomic E-state index is 12.3. The first-order valence-corrected chi connectivity index (χ1v) is 7.84. The number of anilines is 2. The lowest BCUT2D eigenvalue weighted by molar-refractivity contribution is -0.120. The van der Waals surface area contributed by atoms with Gasteiger partial charge in [-0.3, -0.25) is 9.59 Å². The zero-order chi connectivity index (χ0) is 17.7. The molecule has 0 aliphatic heterocycles. The summed E-state index contributed by atoms with van der Waals surface area (Å²) in [6, 6.07) is 11.8. The van der Waals surface area contributed by atoms with Crippen molar-refractivity contribution in [3.05, 3.63) is 52.5 Å². The molecule has 0 atom stereocenters. The van der Waals surface area contributed by atoms with Gasteiger partial charge < -0.3 is 15.0 Å². The Labute approximate surface area is 150 Å². The van der Waals surface area contributed by atoms with E-state index in [2.05, 4.69) is 5.32 Å². The smallest absolute Gasteiger partial charge is 0.244 e. The summed E-state index contributed by atoms with van der Waals surface area (Å²) in [6.07, 6.45) is 0. The van der Waals surface area contributed by atoms with Crippen LogP contribution in [0, 0.1) is 0 Å². The monoisotopic (exact) mass is 366 g/mol. The second kappa shape index (κ2) is 8.04. The van der Waals surface area contributed by atoms with Crippen molar-refractivity contribution in [1.82, 2.24) is 0 Å². The molecule has 2 aromatic carbocycles. The van der Waals surface area contributed by atoms with Crippen molar-refractivity contribution in [2.75, 3.05) is 23.9 Å². The molecule has 1 N–H and O–H groups in total. The van der Waals surface area contributed by atoms with Gasteiger partial charge in [0.25, 0.3) is 0 Å². The van der Waals surface area contributed by atoms with Gasteiger partial charge in [0.05, 0.1) is 22.8 Å². The van der Waals surface area contributed by atoms with Gasteiger partial charge in [-0.1, -0.05) is 35.3 Å². The zero-order valence-corrected chi connectivity index (χ0v) is 14.7. The van der Waals surface area contributed by atoms with Gasteiger partial charge in [-0.15, -0.1) is 0 Å². The summed E-state index contributed by atoms with van der Waals surface area (Å²) < 4.78 is 5.14. The van der Waals surface area contributed by atoms with Crippen LogP contribution in [0.3, 0.4) is 0 Å². The highest BCUT2D eigenvalue weighted by Gasteiger charge is 2.18. The molecule has 0 fully saturated rings. The number of halogens is 2. The zero-order valence-electron chi connectivity index (χ0n) is 13.2. The summed E-state index contributed by atoms with van der Waals surface area (Å²) in [7, 11) is 1.53. The van der Waals surface area contributed by atoms with Gasteiger partial charge in [-0.05, 0) is 24.3 Å². The second-order valence-electron chi connectivity index (χ2n) is 4.95. The molecule has 0 unspecified atom stereocenters. The van der Waals surface area contributed by atoms with E-state index in [-0.39, 0.29) is 12.5 Å². The van der Waals surface area contributed by atoms with Gasteiger partial charge in [0.1, 0.15) is 12.3 Å². The van der Waals surface area contributed by atoms with Crippen LogP contribution in [0.2, 0.25) is 10.0 Å². The fourth-order valence-corrected chi connectivity index (χ4v) is 2.59. The van der Waals surface area contributed by atoms with Gasteiger partial charge in [0.15, 0.2) is 0 Å². The van der Waals surface area contributed by atoms with Gasteiger partial charge in [0, 0.05) is 18.7 Å². The van der Waals surface area contributed by atoms with Crippen LogP contribution in [0.4, 0.5) is 11.4 Å². The van der Waals surface area contributed by atoms with Crippen molar-refractivity contribution in [2.45, 2.75) is 6.92 Å². The van der Waals surface area contributed by atoms with Crippen LogP contribution < -0.4 is 15.0 Å². The first-order valence-electron chi connectivity index (χ1n) is 7.08. The molecule has 0 bridgehead atoms. The molecule has 2 amide bonds. The average Bonchev–Trinajstić information content (AvgIpc) is 2.56. The van der Waals surface area contributed by atoms with Crippen molar-refractivity contribution in [2.24, 2.45) is 0 Å². The molecule has 0 saturated carbocycles. The quantitative estimate of drug-likeness (QED) is 0.869. The Morgan fingerprint density at radius 2 is 1.75 bits per heavy atom. The van der Waals surface area contributed by atoms with Gasteiger partial charge in [-0.2, -0.15) is 0 Å². The summed E-state index contributed by atoms with van der Waals surface area (Å²) >= 11 is 12.1. The number of hydrogen-bond donors (Lipinski definition) is 1. The molecule has 5 nitrogen and oxygen atoms in total. The molecular formula is C17H16Cl2N2O3. The predicted octanol–water partition coefficient (Wildman–Crippen LogP) is 3.99. The minimum absolute atomic E-state index is 0.177. The normalized spacial score (nSPS) is 10.2. The standard InChI is InChI=1S/C17H16Cl2N2O3/c1-11(22)21(12-5-3-6-13(9-12)24-2)10-16(23)20-17-14(18)7-4-8-15(17)19/h3-9H,10H2,1-2H3,(H,20,23). The maximum Gasteiger partial charge on any atom is 0.244 e. The largest absolute Gasteiger partial charge is 0.497 e. The third kappa shape index (κ3) is 4.40. The molecule has 0 aliphatic rings. The van der Waals surface area contributed by atoms with Crippen LogP contribution in [0.15, 0.2) is 42.5 Å². The fraction of sp³-hybridized carbons (Fsp3) is 0.176. The van der Waals surface area contributed by atoms with Crippen molar-refractivity contribution in [3.63, 3.8) is 0 Å². The van der Waals surface area contributed by atoms with E-state index in [1.54, 1.807) is 42.5 Å². The molecule has 126 valence electrons. The average molecular weight is 367 g/mol. The molecule has 2 aromatic rings. The molecule has 0 spiro atoms. The van der Waals surface area contributed by atoms with Crippen molar-refractivity contribution in [3.8, 4) is 5.75 Å². The molecule has 0 heterocycles. The number of ether oxygens (including phenoxy) is 1. The number of hydrogen-bond acceptors (Lipinski definition) is 3. The van der Waals surface area contributed by atoms with Crippen LogP contribution in [0.1, 0.15) is 6.92 Å². The first kappa shape index (κ1) is 18.1. The number of nitrogens with one attached hydrogen (secondary N) is 1. The topological polar surface area (TPSA) is 58.6 Å². The van der Waals surface area contributed by atoms with E-state index >= 15 is 0 Å². The first-order chi connectivity index (χ1) is 11.4. The van der Waals surface area contributed by atoms with Crippen molar-refractivity contribution >= 4 is 46.4 Å². The lowest BCUT2D eigenvalue weighted by Crippen LogP contribution is -2.36. The Kier molecular flexibility index (Phi) is 6.06. The summed E-state index contributed by atoms with van der Waals surface area (Å²) in [5.41, 5.74) is 0.877. The number of amides is 2. The van der Waals surface area contributed by atoms with E-state index in [1.165, 1.54) is 18.9 Å². The molecule has 2 rings (SSSR count). The van der Waals surface area contributed by atoms with Gasteiger partial charge >= 0.3 is 0 Å². The lowest BCUT2D eigenvalue weighted by Gasteiger charge is -2.21. The van der Waals surface area contributed by atoms with Crippen molar-refractivity contribution in [1.29, 1.82) is 0 Å². The Balaban J connectivity index is 2.18. The highest BCUT2D eigenvalue weighted by atomic mass is 35.5. The number of benzene rings is 2. The van der Waals surface area contributed by atoms with E-state index in [9.17, 15) is 9.59 Å². The van der Waals surface area contributed by atoms with Crippen molar-refractivity contribution < 1.29 is 14.3 Å². The number of methoxy groups -OCH3 is 1. The highest BCUT2D eigenvalue weighted by molar-refractivity contribution is 6.39. The molecule has 0 saturated heterocycles. The number of rotatable bonds is 5. The summed E-state index contributed by atoms with van der Waals surface area (Å²) in [5.74, 6) is -0.0972. The predicted molar refractivity (Wildman–Crippen MR) is 96.1 cm³/mol. The summed E-state index contributed by atoms with van der Waals surface area (Å²) in [6.45, 7) is 1.21. The Morgan fingerprint density at radius 1 is 1.12 bits per heavy atom. The molecule has 0 aliphatic carbocycles. The minimum Gasteiger partial charge on any atom is -0.497 e. The minimum atomic E-state index is -0.414. The summed E-state index contributed by atoms with van der Waals surface area (Å²) in [5, 5.41) is 3.29. The number of carbonyl (C=O) groups excluding carboxylic acids is 2. The third-order valence-corrected chi connectivity index (χ3v) is 3.90.